The first-order chi connectivity index (χ1) is 13.6. The predicted octanol–water partition coefficient (Wildman–Crippen LogP) is 5.54. The second-order valence-corrected chi connectivity index (χ2v) is 6.38. The summed E-state index contributed by atoms with van der Waals surface area (Å²) in [5.41, 5.74) is 2.74. The normalized spacial score (nSPS) is 11.0. The number of carbonyl (C=O) groups excluding carboxylic acids is 1. The molecule has 0 bridgehead atoms. The van der Waals surface area contributed by atoms with Crippen LogP contribution < -0.4 is 14.8 Å². The van der Waals surface area contributed by atoms with Crippen molar-refractivity contribution in [2.24, 2.45) is 0 Å². The maximum Gasteiger partial charge on any atom is 0.256 e. The van der Waals surface area contributed by atoms with E-state index in [-0.39, 0.29) is 5.91 Å². The highest BCUT2D eigenvalue weighted by Crippen LogP contribution is 2.36. The van der Waals surface area contributed by atoms with Gasteiger partial charge in [-0.25, -0.2) is 0 Å². The summed E-state index contributed by atoms with van der Waals surface area (Å²) in [4.78, 5) is 13.2. The van der Waals surface area contributed by atoms with E-state index in [0.717, 1.165) is 11.1 Å². The molecule has 1 N–H and O–H groups in total. The van der Waals surface area contributed by atoms with E-state index in [9.17, 15) is 4.79 Å². The molecular weight excluding hydrogens is 374 g/mol. The molecule has 0 saturated heterocycles. The van der Waals surface area contributed by atoms with Crippen molar-refractivity contribution in [3.05, 3.63) is 88.9 Å². The fourth-order valence-corrected chi connectivity index (χ4v) is 2.99. The van der Waals surface area contributed by atoms with Crippen LogP contribution in [0.4, 0.5) is 5.69 Å². The molecule has 0 unspecified atom stereocenters. The summed E-state index contributed by atoms with van der Waals surface area (Å²) < 4.78 is 10.6. The molecule has 0 heterocycles. The number of amides is 1. The van der Waals surface area contributed by atoms with Gasteiger partial charge in [0.05, 0.1) is 24.9 Å². The third-order valence-electron chi connectivity index (χ3n) is 4.16. The lowest BCUT2D eigenvalue weighted by atomic mass is 10.0. The average Bonchev–Trinajstić information content (AvgIpc) is 2.74. The highest BCUT2D eigenvalue weighted by atomic mass is 35.5. The average molecular weight is 394 g/mol. The third kappa shape index (κ3) is 4.53. The molecule has 0 atom stereocenters. The number of carbonyl (C=O) groups is 1. The summed E-state index contributed by atoms with van der Waals surface area (Å²) >= 11 is 6.15. The van der Waals surface area contributed by atoms with Crippen molar-refractivity contribution < 1.29 is 14.3 Å². The highest BCUT2D eigenvalue weighted by molar-refractivity contribution is 6.33. The molecule has 0 saturated carbocycles. The topological polar surface area (TPSA) is 47.6 Å². The molecule has 0 fully saturated rings. The van der Waals surface area contributed by atoms with E-state index >= 15 is 0 Å². The van der Waals surface area contributed by atoms with Crippen LogP contribution in [0.15, 0.2) is 72.8 Å². The minimum atomic E-state index is -0.266. The zero-order valence-electron chi connectivity index (χ0n) is 15.6. The molecule has 0 aliphatic carbocycles. The Bertz CT molecular complexity index is 985. The number of ether oxygens (including phenoxy) is 2. The molecule has 28 heavy (non-hydrogen) atoms. The lowest BCUT2D eigenvalue weighted by Crippen LogP contribution is -2.14. The van der Waals surface area contributed by atoms with E-state index in [2.05, 4.69) is 5.32 Å². The summed E-state index contributed by atoms with van der Waals surface area (Å²) in [6.07, 6.45) is 1.85. The Morgan fingerprint density at radius 3 is 2.11 bits per heavy atom. The number of anilines is 1. The Hall–Kier alpha value is -3.24. The van der Waals surface area contributed by atoms with Crippen LogP contribution in [0.2, 0.25) is 5.02 Å². The van der Waals surface area contributed by atoms with Gasteiger partial charge in [0.25, 0.3) is 5.91 Å². The van der Waals surface area contributed by atoms with Crippen molar-refractivity contribution in [2.45, 2.75) is 0 Å². The number of nitrogens with one attached hydrogen (secondary N) is 1. The van der Waals surface area contributed by atoms with Crippen molar-refractivity contribution >= 4 is 34.8 Å². The summed E-state index contributed by atoms with van der Waals surface area (Å²) in [5, 5.41) is 3.31. The molecule has 142 valence electrons. The Morgan fingerprint density at radius 1 is 0.893 bits per heavy atom. The Balaban J connectivity index is 2.00. The van der Waals surface area contributed by atoms with Crippen molar-refractivity contribution in [1.29, 1.82) is 0 Å². The predicted molar refractivity (Wildman–Crippen MR) is 114 cm³/mol. The zero-order valence-corrected chi connectivity index (χ0v) is 16.4. The smallest absolute Gasteiger partial charge is 0.256 e. The van der Waals surface area contributed by atoms with Crippen LogP contribution in [0.25, 0.3) is 11.6 Å². The molecule has 5 heteroatoms. The van der Waals surface area contributed by atoms with Crippen LogP contribution in [-0.2, 0) is 4.79 Å². The van der Waals surface area contributed by atoms with Crippen LogP contribution in [0, 0.1) is 0 Å². The molecule has 4 nitrogen and oxygen atoms in total. The van der Waals surface area contributed by atoms with Crippen molar-refractivity contribution in [3.8, 4) is 11.5 Å². The monoisotopic (exact) mass is 393 g/mol. The Kier molecular flexibility index (Phi) is 6.35. The molecule has 0 radical (unpaired) electrons. The van der Waals surface area contributed by atoms with Gasteiger partial charge in [-0.15, -0.1) is 0 Å². The Morgan fingerprint density at radius 2 is 1.50 bits per heavy atom. The number of hydrogen-bond donors (Lipinski definition) is 1. The number of rotatable bonds is 6. The van der Waals surface area contributed by atoms with Crippen LogP contribution in [0.1, 0.15) is 11.1 Å². The van der Waals surface area contributed by atoms with Gasteiger partial charge in [-0.3, -0.25) is 4.79 Å². The summed E-state index contributed by atoms with van der Waals surface area (Å²) in [6, 6.07) is 22.4. The first-order valence-electron chi connectivity index (χ1n) is 8.67. The first-order valence-corrected chi connectivity index (χ1v) is 9.05. The second-order valence-electron chi connectivity index (χ2n) is 5.98. The molecule has 0 aromatic heterocycles. The van der Waals surface area contributed by atoms with Gasteiger partial charge >= 0.3 is 0 Å². The zero-order chi connectivity index (χ0) is 19.9. The highest BCUT2D eigenvalue weighted by Gasteiger charge is 2.17. The van der Waals surface area contributed by atoms with Crippen molar-refractivity contribution in [1.82, 2.24) is 0 Å². The van der Waals surface area contributed by atoms with Crippen LogP contribution >= 0.6 is 11.6 Å². The van der Waals surface area contributed by atoms with E-state index in [1.807, 2.05) is 66.7 Å². The number of methoxy groups -OCH3 is 2. The van der Waals surface area contributed by atoms with Crippen molar-refractivity contribution in [3.63, 3.8) is 0 Å². The SMILES string of the molecule is COc1cc(NC(=O)/C(=C/c2ccccc2)c2ccccc2)c(OC)cc1Cl. The van der Waals surface area contributed by atoms with E-state index in [0.29, 0.717) is 27.8 Å². The fourth-order valence-electron chi connectivity index (χ4n) is 2.76. The van der Waals surface area contributed by atoms with Gasteiger partial charge in [-0.2, -0.15) is 0 Å². The third-order valence-corrected chi connectivity index (χ3v) is 4.46. The molecule has 0 spiro atoms. The maximum absolute atomic E-state index is 13.2. The number of benzene rings is 3. The summed E-state index contributed by atoms with van der Waals surface area (Å²) in [5.74, 6) is 0.634. The molecular formula is C23H20ClNO3. The van der Waals surface area contributed by atoms with Gasteiger partial charge in [0, 0.05) is 17.7 Å². The van der Waals surface area contributed by atoms with Gasteiger partial charge in [-0.1, -0.05) is 72.3 Å². The molecule has 3 rings (SSSR count). The van der Waals surface area contributed by atoms with Crippen LogP contribution in [-0.4, -0.2) is 20.1 Å². The first kappa shape index (κ1) is 19.5. The molecule has 0 aliphatic heterocycles. The molecule has 0 aliphatic rings. The van der Waals surface area contributed by atoms with E-state index in [4.69, 9.17) is 21.1 Å². The van der Waals surface area contributed by atoms with E-state index < -0.39 is 0 Å². The lowest BCUT2D eigenvalue weighted by Gasteiger charge is -2.15. The van der Waals surface area contributed by atoms with Gasteiger partial charge in [0.15, 0.2) is 0 Å². The van der Waals surface area contributed by atoms with Gasteiger partial charge in [-0.05, 0) is 17.2 Å². The van der Waals surface area contributed by atoms with Gasteiger partial charge in [0.2, 0.25) is 0 Å². The quantitative estimate of drug-likeness (QED) is 0.442. The standard InChI is InChI=1S/C23H20ClNO3/c1-27-21-15-20(22(28-2)14-19(21)24)25-23(26)18(17-11-7-4-8-12-17)13-16-9-5-3-6-10-16/h3-15H,1-2H3,(H,25,26)/b18-13+. The molecule has 1 amide bonds. The van der Waals surface area contributed by atoms with Gasteiger partial charge < -0.3 is 14.8 Å². The molecule has 3 aromatic carbocycles. The Labute approximate surface area is 169 Å². The maximum atomic E-state index is 13.2. The minimum absolute atomic E-state index is 0.266. The summed E-state index contributed by atoms with van der Waals surface area (Å²) in [6.45, 7) is 0. The largest absolute Gasteiger partial charge is 0.495 e. The number of halogens is 1. The van der Waals surface area contributed by atoms with E-state index in [1.165, 1.54) is 14.2 Å². The van der Waals surface area contributed by atoms with Crippen molar-refractivity contribution in [2.75, 3.05) is 19.5 Å². The minimum Gasteiger partial charge on any atom is -0.495 e. The fraction of sp³-hybridized carbons (Fsp3) is 0.0870. The molecule has 3 aromatic rings. The second kappa shape index (κ2) is 9.11. The van der Waals surface area contributed by atoms with E-state index in [1.54, 1.807) is 12.1 Å². The lowest BCUT2D eigenvalue weighted by molar-refractivity contribution is -0.111. The van der Waals surface area contributed by atoms with Crippen LogP contribution in [0.5, 0.6) is 11.5 Å². The van der Waals surface area contributed by atoms with Crippen LogP contribution in [0.3, 0.4) is 0 Å². The van der Waals surface area contributed by atoms with Gasteiger partial charge in [0.1, 0.15) is 11.5 Å². The number of hydrogen-bond acceptors (Lipinski definition) is 3. The summed E-state index contributed by atoms with van der Waals surface area (Å²) in [7, 11) is 3.04.